The molecule has 1 heterocycles. The van der Waals surface area contributed by atoms with Gasteiger partial charge in [0.15, 0.2) is 0 Å². The second-order valence-electron chi connectivity index (χ2n) is 3.87. The predicted molar refractivity (Wildman–Crippen MR) is 60.2 cm³/mol. The number of hydrogen-bond donors (Lipinski definition) is 0. The summed E-state index contributed by atoms with van der Waals surface area (Å²) in [7, 11) is -0.576. The van der Waals surface area contributed by atoms with E-state index in [0.29, 0.717) is 0 Å². The van der Waals surface area contributed by atoms with Gasteiger partial charge in [-0.2, -0.15) is 0 Å². The molecule has 1 aliphatic rings. The van der Waals surface area contributed by atoms with Crippen LogP contribution in [0.1, 0.15) is 26.7 Å². The number of rotatable bonds is 4. The molecule has 1 saturated heterocycles. The molecular formula is C8H18BrSi2. The molecule has 1 radical (unpaired) electrons. The fourth-order valence-corrected chi connectivity index (χ4v) is 24.3. The summed E-state index contributed by atoms with van der Waals surface area (Å²) in [5.74, 6) is 0. The molecule has 0 bridgehead atoms. The van der Waals surface area contributed by atoms with Crippen LogP contribution in [0.5, 0.6) is 0 Å². The van der Waals surface area contributed by atoms with Crippen molar-refractivity contribution in [2.75, 3.05) is 0 Å². The Labute approximate surface area is 81.0 Å². The highest BCUT2D eigenvalue weighted by atomic mass is 79.9. The first-order chi connectivity index (χ1) is 5.22. The highest BCUT2D eigenvalue weighted by molar-refractivity contribution is 9.24. The molecule has 0 atom stereocenters. The minimum absolute atomic E-state index is 0.0312. The van der Waals surface area contributed by atoms with Crippen LogP contribution in [-0.4, -0.2) is 15.5 Å². The zero-order chi connectivity index (χ0) is 8.32. The normalized spacial score (nSPS) is 23.2. The molecule has 0 N–H and O–H groups in total. The van der Waals surface area contributed by atoms with Crippen LogP contribution in [0, 0.1) is 0 Å². The molecule has 0 aromatic carbocycles. The van der Waals surface area contributed by atoms with Crippen LogP contribution in [0.25, 0.3) is 0 Å². The van der Waals surface area contributed by atoms with E-state index in [0.717, 1.165) is 0 Å². The summed E-state index contributed by atoms with van der Waals surface area (Å²) in [5, 5.41) is 0. The third kappa shape index (κ3) is 2.42. The molecule has 0 unspecified atom stereocenters. The Morgan fingerprint density at radius 1 is 1.18 bits per heavy atom. The molecule has 0 nitrogen and oxygen atoms in total. The lowest BCUT2D eigenvalue weighted by Gasteiger charge is -2.43. The van der Waals surface area contributed by atoms with E-state index >= 15 is 0 Å². The maximum Gasteiger partial charge on any atom is 0.129 e. The molecule has 0 amide bonds. The zero-order valence-electron chi connectivity index (χ0n) is 7.62. The van der Waals surface area contributed by atoms with Crippen LogP contribution >= 0.6 is 15.3 Å². The summed E-state index contributed by atoms with van der Waals surface area (Å²) < 4.78 is 0. The van der Waals surface area contributed by atoms with Crippen molar-refractivity contribution in [2.24, 2.45) is 0 Å². The monoisotopic (exact) mass is 249 g/mol. The molecule has 3 heteroatoms. The van der Waals surface area contributed by atoms with Crippen LogP contribution in [0.2, 0.25) is 23.4 Å². The Hall–Kier alpha value is 0.914. The van der Waals surface area contributed by atoms with Gasteiger partial charge in [0.25, 0.3) is 0 Å². The zero-order valence-corrected chi connectivity index (χ0v) is 11.2. The quantitative estimate of drug-likeness (QED) is 0.527. The molecule has 0 aliphatic carbocycles. The molecule has 65 valence electrons. The smallest absolute Gasteiger partial charge is 0.129 e. The Morgan fingerprint density at radius 2 is 1.64 bits per heavy atom. The van der Waals surface area contributed by atoms with Gasteiger partial charge < -0.3 is 0 Å². The highest BCUT2D eigenvalue weighted by Gasteiger charge is 2.44. The van der Waals surface area contributed by atoms with E-state index in [1.807, 2.05) is 0 Å². The van der Waals surface area contributed by atoms with Gasteiger partial charge in [-0.15, -0.1) is 15.3 Å². The third-order valence-corrected chi connectivity index (χ3v) is 19.9. The van der Waals surface area contributed by atoms with Gasteiger partial charge in [0, 0.05) is 8.07 Å². The Bertz CT molecular complexity index is 106. The fourth-order valence-electron chi connectivity index (χ4n) is 2.30. The summed E-state index contributed by atoms with van der Waals surface area (Å²) in [6.45, 7) is 4.70. The van der Waals surface area contributed by atoms with Crippen molar-refractivity contribution >= 4 is 30.8 Å². The lowest BCUT2D eigenvalue weighted by Crippen LogP contribution is -2.50. The predicted octanol–water partition coefficient (Wildman–Crippen LogP) is 3.73. The van der Waals surface area contributed by atoms with Crippen LogP contribution in [-0.2, 0) is 0 Å². The Morgan fingerprint density at radius 3 is 1.91 bits per heavy atom. The SMILES string of the molecule is CCC[Si]1(CCC)C[Si](Br)C1. The van der Waals surface area contributed by atoms with Crippen LogP contribution in [0.3, 0.4) is 0 Å². The first-order valence-corrected chi connectivity index (χ1v) is 11.7. The van der Waals surface area contributed by atoms with Gasteiger partial charge in [-0.05, 0) is 0 Å². The van der Waals surface area contributed by atoms with Crippen LogP contribution in [0.4, 0.5) is 0 Å². The molecule has 1 aliphatic heterocycles. The average Bonchev–Trinajstić information content (AvgIpc) is 1.86. The molecular weight excluding hydrogens is 232 g/mol. The van der Waals surface area contributed by atoms with Gasteiger partial charge in [0.05, 0.1) is 0 Å². The van der Waals surface area contributed by atoms with Crippen molar-refractivity contribution in [1.29, 1.82) is 0 Å². The summed E-state index contributed by atoms with van der Waals surface area (Å²) in [4.78, 5) is 0. The summed E-state index contributed by atoms with van der Waals surface area (Å²) in [6.07, 6.45) is 2.88. The minimum Gasteiger partial charge on any atom is -0.129 e. The van der Waals surface area contributed by atoms with E-state index in [1.54, 1.807) is 23.4 Å². The number of halogens is 1. The van der Waals surface area contributed by atoms with Crippen molar-refractivity contribution in [1.82, 2.24) is 0 Å². The maximum atomic E-state index is 3.81. The molecule has 0 aromatic heterocycles. The lowest BCUT2D eigenvalue weighted by atomic mass is 10.6. The molecule has 1 fully saturated rings. The second kappa shape index (κ2) is 4.24. The Kier molecular flexibility index (Phi) is 3.85. The van der Waals surface area contributed by atoms with Gasteiger partial charge in [-0.25, -0.2) is 0 Å². The lowest BCUT2D eigenvalue weighted by molar-refractivity contribution is 0.962. The number of hydrogen-bond acceptors (Lipinski definition) is 0. The summed E-state index contributed by atoms with van der Waals surface area (Å²) in [5.41, 5.74) is 3.33. The standard InChI is InChI=1S/C8H18BrSi2/c1-3-5-11(6-4-2)7-10(9)8-11/h3-8H2,1-2H3. The molecule has 11 heavy (non-hydrogen) atoms. The minimum atomic E-state index is -0.608. The molecule has 0 spiro atoms. The first-order valence-electron chi connectivity index (χ1n) is 4.72. The van der Waals surface area contributed by atoms with E-state index in [2.05, 4.69) is 29.1 Å². The Balaban J connectivity index is 2.33. The first kappa shape index (κ1) is 10.00. The third-order valence-electron chi connectivity index (χ3n) is 2.69. The van der Waals surface area contributed by atoms with Crippen molar-refractivity contribution in [3.05, 3.63) is 0 Å². The van der Waals surface area contributed by atoms with Gasteiger partial charge in [-0.1, -0.05) is 50.1 Å². The maximum absolute atomic E-state index is 3.81. The van der Waals surface area contributed by atoms with E-state index in [9.17, 15) is 0 Å². The average molecular weight is 250 g/mol. The van der Waals surface area contributed by atoms with Crippen molar-refractivity contribution < 1.29 is 0 Å². The van der Waals surface area contributed by atoms with Gasteiger partial charge in [0.2, 0.25) is 0 Å². The van der Waals surface area contributed by atoms with Crippen LogP contribution < -0.4 is 0 Å². The topological polar surface area (TPSA) is 0 Å². The van der Waals surface area contributed by atoms with E-state index in [-0.39, 0.29) is 7.42 Å². The van der Waals surface area contributed by atoms with Crippen molar-refractivity contribution in [2.45, 2.75) is 50.1 Å². The summed E-state index contributed by atoms with van der Waals surface area (Å²) >= 11 is 3.81. The molecule has 0 saturated carbocycles. The van der Waals surface area contributed by atoms with Crippen LogP contribution in [0.15, 0.2) is 0 Å². The van der Waals surface area contributed by atoms with Crippen molar-refractivity contribution in [3.8, 4) is 0 Å². The van der Waals surface area contributed by atoms with E-state index in [4.69, 9.17) is 0 Å². The molecule has 1 rings (SSSR count). The second-order valence-corrected chi connectivity index (χ2v) is 15.1. The van der Waals surface area contributed by atoms with Gasteiger partial charge >= 0.3 is 0 Å². The van der Waals surface area contributed by atoms with Crippen molar-refractivity contribution in [3.63, 3.8) is 0 Å². The summed E-state index contributed by atoms with van der Waals surface area (Å²) in [6, 6.07) is 3.22. The largest absolute Gasteiger partial charge is 0.129 e. The molecule has 0 aromatic rings. The van der Waals surface area contributed by atoms with Gasteiger partial charge in [-0.3, -0.25) is 0 Å². The van der Waals surface area contributed by atoms with E-state index < -0.39 is 8.07 Å². The van der Waals surface area contributed by atoms with E-state index in [1.165, 1.54) is 12.8 Å². The van der Waals surface area contributed by atoms with Gasteiger partial charge in [0.1, 0.15) is 7.42 Å². The fraction of sp³-hybridized carbons (Fsp3) is 1.00. The highest BCUT2D eigenvalue weighted by Crippen LogP contribution is 2.42.